The standard InChI is InChI=1S/C65H122O2/c1-2-3-4-5-6-7-8-9-10-11-12-13-14-15-16-17-18-19-20-21-22-23-24-25-26-27-28-29-30-31-32-33-34-35-36-37-38-39-40-41-42-43-44-45-46-47-48-49-50-51-52-53-54-55-56-60-63-65(66)67-64-61-58-57-59-62-64/h57-59,61-62H,2-56,60,63H2,1H3. The fraction of sp³-hybridized carbons (Fsp3) is 0.892. The minimum Gasteiger partial charge on any atom is -0.427 e. The molecule has 2 heteroatoms. The molecule has 1 aromatic carbocycles. The minimum atomic E-state index is -0.0980. The number of hydrogen-bond donors (Lipinski definition) is 0. The molecule has 0 amide bonds. The summed E-state index contributed by atoms with van der Waals surface area (Å²) in [7, 11) is 0. The smallest absolute Gasteiger partial charge is 0.311 e. The van der Waals surface area contributed by atoms with Crippen LogP contribution in [0.4, 0.5) is 0 Å². The summed E-state index contributed by atoms with van der Waals surface area (Å²) in [4.78, 5) is 11.9. The fourth-order valence-corrected chi connectivity index (χ4v) is 10.6. The van der Waals surface area contributed by atoms with Gasteiger partial charge in [-0.1, -0.05) is 378 Å². The van der Waals surface area contributed by atoms with Crippen LogP contribution in [0.5, 0.6) is 5.75 Å². The Hall–Kier alpha value is -1.31. The van der Waals surface area contributed by atoms with Crippen molar-refractivity contribution in [1.29, 1.82) is 0 Å². The zero-order valence-electron chi connectivity index (χ0n) is 46.0. The Kier molecular flexibility index (Phi) is 54.5. The lowest BCUT2D eigenvalue weighted by Gasteiger charge is -2.05. The maximum Gasteiger partial charge on any atom is 0.311 e. The summed E-state index contributed by atoms with van der Waals surface area (Å²) >= 11 is 0. The maximum absolute atomic E-state index is 11.9. The second-order valence-corrected chi connectivity index (χ2v) is 22.0. The minimum absolute atomic E-state index is 0.0980. The predicted octanol–water partition coefficient (Wildman–Crippen LogP) is 23.8. The van der Waals surface area contributed by atoms with E-state index in [-0.39, 0.29) is 5.97 Å². The maximum atomic E-state index is 11.9. The Morgan fingerprint density at radius 2 is 0.418 bits per heavy atom. The third kappa shape index (κ3) is 53.9. The monoisotopic (exact) mass is 935 g/mol. The number of unbranched alkanes of at least 4 members (excludes halogenated alkanes) is 55. The highest BCUT2D eigenvalue weighted by atomic mass is 16.5. The molecule has 0 radical (unpaired) electrons. The number of benzene rings is 1. The van der Waals surface area contributed by atoms with E-state index in [1.807, 2.05) is 30.3 Å². The van der Waals surface area contributed by atoms with E-state index in [1.54, 1.807) is 0 Å². The van der Waals surface area contributed by atoms with Crippen LogP contribution >= 0.6 is 0 Å². The second kappa shape index (κ2) is 57.3. The number of ether oxygens (including phenoxy) is 1. The van der Waals surface area contributed by atoms with Crippen LogP contribution < -0.4 is 4.74 Å². The first-order valence-corrected chi connectivity index (χ1v) is 31.6. The summed E-state index contributed by atoms with van der Waals surface area (Å²) in [6.45, 7) is 2.31. The van der Waals surface area contributed by atoms with Gasteiger partial charge in [-0.2, -0.15) is 0 Å². The molecule has 0 heterocycles. The molecule has 0 atom stereocenters. The molecule has 0 saturated carbocycles. The van der Waals surface area contributed by atoms with Crippen molar-refractivity contribution in [1.82, 2.24) is 0 Å². The molecule has 67 heavy (non-hydrogen) atoms. The van der Waals surface area contributed by atoms with Crippen LogP contribution in [-0.2, 0) is 4.79 Å². The highest BCUT2D eigenvalue weighted by molar-refractivity contribution is 5.72. The van der Waals surface area contributed by atoms with E-state index >= 15 is 0 Å². The van der Waals surface area contributed by atoms with Crippen molar-refractivity contribution in [2.24, 2.45) is 0 Å². The van der Waals surface area contributed by atoms with Gasteiger partial charge in [-0.15, -0.1) is 0 Å². The molecular weight excluding hydrogens is 813 g/mol. The van der Waals surface area contributed by atoms with Gasteiger partial charge in [-0.05, 0) is 18.6 Å². The van der Waals surface area contributed by atoms with Gasteiger partial charge in [0.25, 0.3) is 0 Å². The summed E-state index contributed by atoms with van der Waals surface area (Å²) in [5, 5.41) is 0. The molecule has 0 aromatic heterocycles. The SMILES string of the molecule is CCCCCCCCCCCCCCCCCCCCCCCCCCCCCCCCCCCCCCCCCCCCCCCCCCCCCCCCCCC(=O)Oc1ccccc1. The molecule has 0 N–H and O–H groups in total. The van der Waals surface area contributed by atoms with Gasteiger partial charge in [0.05, 0.1) is 0 Å². The largest absolute Gasteiger partial charge is 0.427 e. The summed E-state index contributed by atoms with van der Waals surface area (Å²) in [5.41, 5.74) is 0. The van der Waals surface area contributed by atoms with E-state index in [4.69, 9.17) is 4.74 Å². The molecule has 1 aromatic rings. The summed E-state index contributed by atoms with van der Waals surface area (Å²) in [5.74, 6) is 0.560. The van der Waals surface area contributed by atoms with E-state index in [9.17, 15) is 4.79 Å². The molecule has 0 aliphatic carbocycles. The van der Waals surface area contributed by atoms with Crippen LogP contribution in [0, 0.1) is 0 Å². The van der Waals surface area contributed by atoms with Crippen molar-refractivity contribution in [2.75, 3.05) is 0 Å². The summed E-state index contributed by atoms with van der Waals surface area (Å²) in [6.07, 6.45) is 81.8. The van der Waals surface area contributed by atoms with Crippen molar-refractivity contribution in [3.8, 4) is 5.75 Å². The lowest BCUT2D eigenvalue weighted by molar-refractivity contribution is -0.134. The number of rotatable bonds is 58. The average molecular weight is 936 g/mol. The van der Waals surface area contributed by atoms with Crippen molar-refractivity contribution < 1.29 is 9.53 Å². The van der Waals surface area contributed by atoms with E-state index in [0.717, 1.165) is 12.8 Å². The van der Waals surface area contributed by atoms with Crippen LogP contribution in [0.25, 0.3) is 0 Å². The Morgan fingerprint density at radius 1 is 0.254 bits per heavy atom. The van der Waals surface area contributed by atoms with E-state index in [0.29, 0.717) is 12.2 Å². The van der Waals surface area contributed by atoms with E-state index in [1.165, 1.54) is 347 Å². The zero-order valence-corrected chi connectivity index (χ0v) is 46.0. The Labute approximate surface area is 422 Å². The van der Waals surface area contributed by atoms with Crippen LogP contribution in [0.3, 0.4) is 0 Å². The van der Waals surface area contributed by atoms with Gasteiger partial charge in [0.1, 0.15) is 5.75 Å². The van der Waals surface area contributed by atoms with E-state index in [2.05, 4.69) is 6.92 Å². The zero-order chi connectivity index (χ0) is 47.7. The van der Waals surface area contributed by atoms with Crippen molar-refractivity contribution in [3.63, 3.8) is 0 Å². The predicted molar refractivity (Wildman–Crippen MR) is 301 cm³/mol. The molecule has 0 aliphatic rings. The lowest BCUT2D eigenvalue weighted by atomic mass is 10.0. The van der Waals surface area contributed by atoms with Crippen molar-refractivity contribution in [2.45, 2.75) is 373 Å². The first kappa shape index (κ1) is 63.7. The molecule has 0 fully saturated rings. The van der Waals surface area contributed by atoms with Crippen molar-refractivity contribution >= 4 is 5.97 Å². The molecule has 0 aliphatic heterocycles. The highest BCUT2D eigenvalue weighted by Crippen LogP contribution is 2.20. The van der Waals surface area contributed by atoms with E-state index < -0.39 is 0 Å². The molecule has 0 bridgehead atoms. The molecule has 2 nitrogen and oxygen atoms in total. The number of hydrogen-bond acceptors (Lipinski definition) is 2. The van der Waals surface area contributed by atoms with Gasteiger partial charge >= 0.3 is 5.97 Å². The van der Waals surface area contributed by atoms with Crippen LogP contribution in [-0.4, -0.2) is 5.97 Å². The Balaban J connectivity index is 1.60. The molecular formula is C65H122O2. The molecule has 0 unspecified atom stereocenters. The van der Waals surface area contributed by atoms with Gasteiger partial charge in [-0.25, -0.2) is 0 Å². The highest BCUT2D eigenvalue weighted by Gasteiger charge is 2.05. The lowest BCUT2D eigenvalue weighted by Crippen LogP contribution is -2.07. The number of para-hydroxylation sites is 1. The topological polar surface area (TPSA) is 26.3 Å². The second-order valence-electron chi connectivity index (χ2n) is 22.0. The summed E-state index contributed by atoms with van der Waals surface area (Å²) in [6, 6.07) is 9.42. The van der Waals surface area contributed by atoms with Crippen molar-refractivity contribution in [3.05, 3.63) is 30.3 Å². The quantitative estimate of drug-likeness (QED) is 0.0370. The van der Waals surface area contributed by atoms with Gasteiger partial charge < -0.3 is 4.74 Å². The van der Waals surface area contributed by atoms with Crippen LogP contribution in [0.15, 0.2) is 30.3 Å². The first-order valence-electron chi connectivity index (χ1n) is 31.6. The Morgan fingerprint density at radius 3 is 0.597 bits per heavy atom. The average Bonchev–Trinajstić information content (AvgIpc) is 3.34. The van der Waals surface area contributed by atoms with Gasteiger partial charge in [0, 0.05) is 6.42 Å². The number of esters is 1. The van der Waals surface area contributed by atoms with Crippen LogP contribution in [0.2, 0.25) is 0 Å². The molecule has 0 spiro atoms. The first-order chi connectivity index (χ1) is 33.3. The molecule has 0 saturated heterocycles. The number of carbonyl (C=O) groups excluding carboxylic acids is 1. The number of carbonyl (C=O) groups is 1. The third-order valence-electron chi connectivity index (χ3n) is 15.2. The fourth-order valence-electron chi connectivity index (χ4n) is 10.6. The van der Waals surface area contributed by atoms with Crippen LogP contribution in [0.1, 0.15) is 373 Å². The van der Waals surface area contributed by atoms with Gasteiger partial charge in [0.2, 0.25) is 0 Å². The normalized spacial score (nSPS) is 11.5. The summed E-state index contributed by atoms with van der Waals surface area (Å²) < 4.78 is 5.37. The molecule has 1 rings (SSSR count). The van der Waals surface area contributed by atoms with Gasteiger partial charge in [0.15, 0.2) is 0 Å². The third-order valence-corrected chi connectivity index (χ3v) is 15.2. The molecule has 394 valence electrons. The Bertz CT molecular complexity index is 1030. The van der Waals surface area contributed by atoms with Gasteiger partial charge in [-0.3, -0.25) is 4.79 Å².